The molecule has 0 aliphatic heterocycles. The van der Waals surface area contributed by atoms with E-state index in [1.54, 1.807) is 6.20 Å². The Morgan fingerprint density at radius 1 is 1.10 bits per heavy atom. The number of aliphatic hydroxyl groups is 1. The van der Waals surface area contributed by atoms with Gasteiger partial charge in [-0.2, -0.15) is 0 Å². The number of rotatable bonds is 3. The highest BCUT2D eigenvalue weighted by molar-refractivity contribution is 5.79. The fourth-order valence-corrected chi connectivity index (χ4v) is 2.29. The van der Waals surface area contributed by atoms with E-state index in [1.165, 1.54) is 0 Å². The molecular formula is C17H16N2O. The molecule has 2 heterocycles. The number of fused-ring (bicyclic) bond motifs is 1. The SMILES string of the molecule is Cc1ccc2cc(C(O)Cc3ccccn3)ccc2n1. The summed E-state index contributed by atoms with van der Waals surface area (Å²) in [5, 5.41) is 11.4. The van der Waals surface area contributed by atoms with Gasteiger partial charge in [-0.05, 0) is 42.8 Å². The molecule has 1 aromatic carbocycles. The third kappa shape index (κ3) is 2.68. The molecule has 0 amide bonds. The summed E-state index contributed by atoms with van der Waals surface area (Å²) in [6.07, 6.45) is 1.72. The lowest BCUT2D eigenvalue weighted by atomic mass is 10.0. The van der Waals surface area contributed by atoms with Crippen molar-refractivity contribution in [3.63, 3.8) is 0 Å². The number of benzene rings is 1. The highest BCUT2D eigenvalue weighted by Crippen LogP contribution is 2.22. The molecule has 0 spiro atoms. The van der Waals surface area contributed by atoms with E-state index in [0.29, 0.717) is 6.42 Å². The van der Waals surface area contributed by atoms with Gasteiger partial charge in [0.1, 0.15) is 0 Å². The average molecular weight is 264 g/mol. The molecule has 0 aliphatic rings. The van der Waals surface area contributed by atoms with E-state index < -0.39 is 6.10 Å². The zero-order chi connectivity index (χ0) is 13.9. The van der Waals surface area contributed by atoms with E-state index in [0.717, 1.165) is 27.9 Å². The summed E-state index contributed by atoms with van der Waals surface area (Å²) in [5.41, 5.74) is 3.74. The molecule has 3 nitrogen and oxygen atoms in total. The Bertz CT molecular complexity index is 725. The first-order chi connectivity index (χ1) is 9.72. The Balaban J connectivity index is 1.88. The van der Waals surface area contributed by atoms with Crippen LogP contribution in [-0.4, -0.2) is 15.1 Å². The number of aliphatic hydroxyl groups excluding tert-OH is 1. The van der Waals surface area contributed by atoms with Crippen LogP contribution in [-0.2, 0) is 6.42 Å². The Kier molecular flexibility index (Phi) is 3.44. The maximum absolute atomic E-state index is 10.3. The number of aryl methyl sites for hydroxylation is 1. The van der Waals surface area contributed by atoms with Crippen molar-refractivity contribution in [1.29, 1.82) is 0 Å². The summed E-state index contributed by atoms with van der Waals surface area (Å²) in [6, 6.07) is 15.6. The highest BCUT2D eigenvalue weighted by atomic mass is 16.3. The molecule has 3 rings (SSSR count). The summed E-state index contributed by atoms with van der Waals surface area (Å²) in [5.74, 6) is 0. The summed E-state index contributed by atoms with van der Waals surface area (Å²) >= 11 is 0. The van der Waals surface area contributed by atoms with Gasteiger partial charge >= 0.3 is 0 Å². The monoisotopic (exact) mass is 264 g/mol. The third-order valence-electron chi connectivity index (χ3n) is 3.37. The van der Waals surface area contributed by atoms with Gasteiger partial charge in [0.2, 0.25) is 0 Å². The van der Waals surface area contributed by atoms with Gasteiger partial charge in [-0.3, -0.25) is 9.97 Å². The Morgan fingerprint density at radius 2 is 2.00 bits per heavy atom. The number of hydrogen-bond donors (Lipinski definition) is 1. The number of pyridine rings is 2. The molecule has 0 saturated carbocycles. The van der Waals surface area contributed by atoms with Crippen molar-refractivity contribution >= 4 is 10.9 Å². The quantitative estimate of drug-likeness (QED) is 0.790. The predicted octanol–water partition coefficient (Wildman–Crippen LogP) is 3.21. The van der Waals surface area contributed by atoms with Gasteiger partial charge in [0.25, 0.3) is 0 Å². The molecule has 0 bridgehead atoms. The number of aromatic nitrogens is 2. The van der Waals surface area contributed by atoms with Crippen LogP contribution in [0, 0.1) is 6.92 Å². The normalized spacial score (nSPS) is 12.5. The smallest absolute Gasteiger partial charge is 0.0845 e. The van der Waals surface area contributed by atoms with Crippen LogP contribution >= 0.6 is 0 Å². The first-order valence-electron chi connectivity index (χ1n) is 6.68. The standard InChI is InChI=1S/C17H16N2O/c1-12-5-6-13-10-14(7-8-16(13)19-12)17(20)11-15-4-2-3-9-18-15/h2-10,17,20H,11H2,1H3. The van der Waals surface area contributed by atoms with Crippen LogP contribution in [0.4, 0.5) is 0 Å². The van der Waals surface area contributed by atoms with E-state index in [2.05, 4.69) is 9.97 Å². The van der Waals surface area contributed by atoms with Crippen molar-refractivity contribution in [2.45, 2.75) is 19.4 Å². The fraction of sp³-hybridized carbons (Fsp3) is 0.176. The molecule has 20 heavy (non-hydrogen) atoms. The van der Waals surface area contributed by atoms with Crippen LogP contribution in [0.5, 0.6) is 0 Å². The van der Waals surface area contributed by atoms with Gasteiger partial charge in [-0.15, -0.1) is 0 Å². The van der Waals surface area contributed by atoms with Gasteiger partial charge in [0.15, 0.2) is 0 Å². The second-order valence-corrected chi connectivity index (χ2v) is 4.95. The van der Waals surface area contributed by atoms with Crippen molar-refractivity contribution in [3.8, 4) is 0 Å². The molecule has 0 radical (unpaired) electrons. The minimum absolute atomic E-state index is 0.519. The largest absolute Gasteiger partial charge is 0.388 e. The summed E-state index contributed by atoms with van der Waals surface area (Å²) in [4.78, 5) is 8.71. The van der Waals surface area contributed by atoms with Gasteiger partial charge in [-0.1, -0.05) is 18.2 Å². The molecule has 100 valence electrons. The van der Waals surface area contributed by atoms with E-state index in [1.807, 2.05) is 55.5 Å². The molecule has 0 saturated heterocycles. The second-order valence-electron chi connectivity index (χ2n) is 4.95. The lowest BCUT2D eigenvalue weighted by Crippen LogP contribution is -2.03. The zero-order valence-corrected chi connectivity index (χ0v) is 11.3. The van der Waals surface area contributed by atoms with Crippen molar-refractivity contribution in [2.75, 3.05) is 0 Å². The Hall–Kier alpha value is -2.26. The maximum atomic E-state index is 10.3. The molecule has 1 N–H and O–H groups in total. The Morgan fingerprint density at radius 3 is 2.80 bits per heavy atom. The van der Waals surface area contributed by atoms with Crippen molar-refractivity contribution in [2.24, 2.45) is 0 Å². The van der Waals surface area contributed by atoms with E-state index in [-0.39, 0.29) is 0 Å². The van der Waals surface area contributed by atoms with Gasteiger partial charge < -0.3 is 5.11 Å². The minimum atomic E-state index is -0.546. The second kappa shape index (κ2) is 5.39. The fourth-order valence-electron chi connectivity index (χ4n) is 2.29. The predicted molar refractivity (Wildman–Crippen MR) is 79.4 cm³/mol. The molecule has 2 aromatic heterocycles. The maximum Gasteiger partial charge on any atom is 0.0845 e. The summed E-state index contributed by atoms with van der Waals surface area (Å²) in [6.45, 7) is 1.98. The molecule has 3 aromatic rings. The van der Waals surface area contributed by atoms with Crippen LogP contribution in [0.15, 0.2) is 54.7 Å². The van der Waals surface area contributed by atoms with E-state index >= 15 is 0 Å². The summed E-state index contributed by atoms with van der Waals surface area (Å²) in [7, 11) is 0. The number of hydrogen-bond acceptors (Lipinski definition) is 3. The first kappa shape index (κ1) is 12.8. The van der Waals surface area contributed by atoms with Crippen molar-refractivity contribution in [3.05, 3.63) is 71.7 Å². The van der Waals surface area contributed by atoms with Crippen molar-refractivity contribution < 1.29 is 5.11 Å². The molecule has 1 atom stereocenters. The minimum Gasteiger partial charge on any atom is -0.388 e. The molecule has 3 heteroatoms. The van der Waals surface area contributed by atoms with Crippen LogP contribution < -0.4 is 0 Å². The first-order valence-corrected chi connectivity index (χ1v) is 6.68. The van der Waals surface area contributed by atoms with Crippen molar-refractivity contribution in [1.82, 2.24) is 9.97 Å². The topological polar surface area (TPSA) is 46.0 Å². The van der Waals surface area contributed by atoms with Crippen LogP contribution in [0.2, 0.25) is 0 Å². The lowest BCUT2D eigenvalue weighted by Gasteiger charge is -2.11. The summed E-state index contributed by atoms with van der Waals surface area (Å²) < 4.78 is 0. The third-order valence-corrected chi connectivity index (χ3v) is 3.37. The number of nitrogens with zero attached hydrogens (tertiary/aromatic N) is 2. The highest BCUT2D eigenvalue weighted by Gasteiger charge is 2.10. The average Bonchev–Trinajstić information content (AvgIpc) is 2.47. The van der Waals surface area contributed by atoms with Crippen LogP contribution in [0.25, 0.3) is 10.9 Å². The van der Waals surface area contributed by atoms with Crippen LogP contribution in [0.1, 0.15) is 23.1 Å². The zero-order valence-electron chi connectivity index (χ0n) is 11.3. The van der Waals surface area contributed by atoms with Gasteiger partial charge in [0.05, 0.1) is 11.6 Å². The molecular weight excluding hydrogens is 248 g/mol. The Labute approximate surface area is 117 Å². The molecule has 0 fully saturated rings. The van der Waals surface area contributed by atoms with Gasteiger partial charge in [-0.25, -0.2) is 0 Å². The molecule has 1 unspecified atom stereocenters. The van der Waals surface area contributed by atoms with Gasteiger partial charge in [0, 0.05) is 29.4 Å². The lowest BCUT2D eigenvalue weighted by molar-refractivity contribution is 0.177. The molecule has 0 aliphatic carbocycles. The van der Waals surface area contributed by atoms with E-state index in [9.17, 15) is 5.11 Å². The van der Waals surface area contributed by atoms with E-state index in [4.69, 9.17) is 0 Å². The van der Waals surface area contributed by atoms with Crippen LogP contribution in [0.3, 0.4) is 0 Å².